The molecule has 2 rings (SSSR count). The minimum atomic E-state index is 0.493. The second-order valence-corrected chi connectivity index (χ2v) is 6.27. The number of hydrogen-bond donors (Lipinski definition) is 1. The van der Waals surface area contributed by atoms with E-state index in [9.17, 15) is 0 Å². The van der Waals surface area contributed by atoms with Crippen molar-refractivity contribution in [2.75, 3.05) is 13.1 Å². The first-order chi connectivity index (χ1) is 7.65. The van der Waals surface area contributed by atoms with E-state index in [1.165, 1.54) is 51.6 Å². The van der Waals surface area contributed by atoms with Gasteiger partial charge < -0.3 is 10.6 Å². The Morgan fingerprint density at radius 3 is 1.75 bits per heavy atom. The van der Waals surface area contributed by atoms with Gasteiger partial charge in [0.2, 0.25) is 0 Å². The fraction of sp³-hybridized carbons (Fsp3) is 1.00. The quantitative estimate of drug-likeness (QED) is 0.778. The normalized spacial score (nSPS) is 31.3. The molecule has 0 heterocycles. The number of nitrogens with two attached hydrogens (primary N) is 1. The zero-order valence-electron chi connectivity index (χ0n) is 11.0. The van der Waals surface area contributed by atoms with Crippen LogP contribution in [0.5, 0.6) is 0 Å². The topological polar surface area (TPSA) is 29.3 Å². The summed E-state index contributed by atoms with van der Waals surface area (Å²) in [6.07, 6.45) is 8.15. The third kappa shape index (κ3) is 3.74. The molecule has 0 aliphatic heterocycles. The zero-order valence-corrected chi connectivity index (χ0v) is 11.0. The standard InChI is InChI=1S/C14H28N2/c1-11(2)16(9-12-3-4-12)10-13-5-7-14(15)8-6-13/h11-14H,3-10,15H2,1-2H3. The molecule has 0 amide bonds. The minimum absolute atomic E-state index is 0.493. The molecule has 2 nitrogen and oxygen atoms in total. The fourth-order valence-electron chi connectivity index (χ4n) is 2.83. The monoisotopic (exact) mass is 224 g/mol. The highest BCUT2D eigenvalue weighted by molar-refractivity contribution is 4.82. The first-order valence-electron chi connectivity index (χ1n) is 7.14. The van der Waals surface area contributed by atoms with E-state index in [0.29, 0.717) is 6.04 Å². The summed E-state index contributed by atoms with van der Waals surface area (Å²) in [4.78, 5) is 2.71. The van der Waals surface area contributed by atoms with Crippen LogP contribution in [0, 0.1) is 11.8 Å². The highest BCUT2D eigenvalue weighted by Crippen LogP contribution is 2.31. The van der Waals surface area contributed by atoms with Gasteiger partial charge in [-0.2, -0.15) is 0 Å². The lowest BCUT2D eigenvalue weighted by Crippen LogP contribution is -2.39. The molecule has 0 aromatic heterocycles. The first-order valence-corrected chi connectivity index (χ1v) is 7.14. The Balaban J connectivity index is 1.75. The van der Waals surface area contributed by atoms with E-state index in [0.717, 1.165) is 17.9 Å². The molecule has 2 N–H and O–H groups in total. The van der Waals surface area contributed by atoms with Crippen molar-refractivity contribution in [3.8, 4) is 0 Å². The summed E-state index contributed by atoms with van der Waals surface area (Å²) < 4.78 is 0. The van der Waals surface area contributed by atoms with Crippen molar-refractivity contribution in [2.24, 2.45) is 17.6 Å². The van der Waals surface area contributed by atoms with Crippen molar-refractivity contribution < 1.29 is 0 Å². The van der Waals surface area contributed by atoms with E-state index in [4.69, 9.17) is 5.73 Å². The van der Waals surface area contributed by atoms with Crippen LogP contribution < -0.4 is 5.73 Å². The molecule has 0 aromatic rings. The van der Waals surface area contributed by atoms with Crippen molar-refractivity contribution in [2.45, 2.75) is 64.5 Å². The average Bonchev–Trinajstić information content (AvgIpc) is 3.04. The van der Waals surface area contributed by atoms with Gasteiger partial charge in [-0.05, 0) is 64.2 Å². The van der Waals surface area contributed by atoms with Gasteiger partial charge in [-0.3, -0.25) is 0 Å². The van der Waals surface area contributed by atoms with E-state index in [1.54, 1.807) is 0 Å². The van der Waals surface area contributed by atoms with Crippen LogP contribution >= 0.6 is 0 Å². The smallest absolute Gasteiger partial charge is 0.00390 e. The molecular weight excluding hydrogens is 196 g/mol. The summed E-state index contributed by atoms with van der Waals surface area (Å²) in [5.41, 5.74) is 5.96. The molecular formula is C14H28N2. The molecule has 2 aliphatic rings. The van der Waals surface area contributed by atoms with E-state index in [1.807, 2.05) is 0 Å². The molecule has 0 unspecified atom stereocenters. The molecule has 2 heteroatoms. The highest BCUT2D eigenvalue weighted by atomic mass is 15.2. The SMILES string of the molecule is CC(C)N(CC1CCC(N)CC1)CC1CC1. The molecule has 2 saturated carbocycles. The molecule has 16 heavy (non-hydrogen) atoms. The maximum Gasteiger partial charge on any atom is 0.00390 e. The first kappa shape index (κ1) is 12.4. The average molecular weight is 224 g/mol. The van der Waals surface area contributed by atoms with Crippen molar-refractivity contribution in [3.63, 3.8) is 0 Å². The summed E-state index contributed by atoms with van der Waals surface area (Å²) in [5.74, 6) is 1.94. The van der Waals surface area contributed by atoms with Crippen LogP contribution in [0.1, 0.15) is 52.4 Å². The van der Waals surface area contributed by atoms with E-state index in [-0.39, 0.29) is 0 Å². The van der Waals surface area contributed by atoms with Crippen molar-refractivity contribution in [1.82, 2.24) is 4.90 Å². The molecule has 94 valence electrons. The number of hydrogen-bond acceptors (Lipinski definition) is 2. The number of rotatable bonds is 5. The van der Waals surface area contributed by atoms with Crippen molar-refractivity contribution in [3.05, 3.63) is 0 Å². The Morgan fingerprint density at radius 1 is 0.938 bits per heavy atom. The van der Waals surface area contributed by atoms with Crippen LogP contribution in [-0.4, -0.2) is 30.1 Å². The van der Waals surface area contributed by atoms with E-state index in [2.05, 4.69) is 18.7 Å². The zero-order chi connectivity index (χ0) is 11.5. The van der Waals surface area contributed by atoms with Crippen LogP contribution in [0.15, 0.2) is 0 Å². The Bertz CT molecular complexity index is 203. The molecule has 0 aromatic carbocycles. The summed E-state index contributed by atoms with van der Waals surface area (Å²) in [6, 6.07) is 1.21. The molecule has 2 aliphatic carbocycles. The maximum atomic E-state index is 5.96. The van der Waals surface area contributed by atoms with Gasteiger partial charge >= 0.3 is 0 Å². The van der Waals surface area contributed by atoms with Crippen LogP contribution in [0.2, 0.25) is 0 Å². The molecule has 0 bridgehead atoms. The summed E-state index contributed by atoms with van der Waals surface area (Å²) in [5, 5.41) is 0. The van der Waals surface area contributed by atoms with Gasteiger partial charge in [-0.1, -0.05) is 0 Å². The van der Waals surface area contributed by atoms with Crippen molar-refractivity contribution >= 4 is 0 Å². The van der Waals surface area contributed by atoms with E-state index >= 15 is 0 Å². The second-order valence-electron chi connectivity index (χ2n) is 6.27. The van der Waals surface area contributed by atoms with Crippen LogP contribution in [0.4, 0.5) is 0 Å². The minimum Gasteiger partial charge on any atom is -0.328 e. The lowest BCUT2D eigenvalue weighted by Gasteiger charge is -2.34. The van der Waals surface area contributed by atoms with Gasteiger partial charge in [-0.15, -0.1) is 0 Å². The maximum absolute atomic E-state index is 5.96. The second kappa shape index (κ2) is 5.50. The Labute approximate surface area is 101 Å². The molecule has 0 spiro atoms. The number of nitrogens with zero attached hydrogens (tertiary/aromatic N) is 1. The van der Waals surface area contributed by atoms with E-state index < -0.39 is 0 Å². The third-order valence-electron chi connectivity index (χ3n) is 4.30. The largest absolute Gasteiger partial charge is 0.328 e. The Hall–Kier alpha value is -0.0800. The van der Waals surface area contributed by atoms with Crippen molar-refractivity contribution in [1.29, 1.82) is 0 Å². The van der Waals surface area contributed by atoms with Gasteiger partial charge in [-0.25, -0.2) is 0 Å². The van der Waals surface area contributed by atoms with Crippen LogP contribution in [0.3, 0.4) is 0 Å². The summed E-state index contributed by atoms with van der Waals surface area (Å²) in [7, 11) is 0. The Kier molecular flexibility index (Phi) is 4.26. The lowest BCUT2D eigenvalue weighted by molar-refractivity contribution is 0.155. The molecule has 0 radical (unpaired) electrons. The van der Waals surface area contributed by atoms with Gasteiger partial charge in [0.1, 0.15) is 0 Å². The molecule has 0 atom stereocenters. The lowest BCUT2D eigenvalue weighted by atomic mass is 9.86. The summed E-state index contributed by atoms with van der Waals surface area (Å²) >= 11 is 0. The fourth-order valence-corrected chi connectivity index (χ4v) is 2.83. The van der Waals surface area contributed by atoms with Crippen LogP contribution in [-0.2, 0) is 0 Å². The molecule has 2 fully saturated rings. The third-order valence-corrected chi connectivity index (χ3v) is 4.30. The van der Waals surface area contributed by atoms with Gasteiger partial charge in [0, 0.05) is 25.2 Å². The predicted molar refractivity (Wildman–Crippen MR) is 69.4 cm³/mol. The van der Waals surface area contributed by atoms with Crippen LogP contribution in [0.25, 0.3) is 0 Å². The van der Waals surface area contributed by atoms with Gasteiger partial charge in [0.25, 0.3) is 0 Å². The van der Waals surface area contributed by atoms with Gasteiger partial charge in [0.15, 0.2) is 0 Å². The Morgan fingerprint density at radius 2 is 1.38 bits per heavy atom. The highest BCUT2D eigenvalue weighted by Gasteiger charge is 2.28. The summed E-state index contributed by atoms with van der Waals surface area (Å²) in [6.45, 7) is 7.36. The van der Waals surface area contributed by atoms with Gasteiger partial charge in [0.05, 0.1) is 0 Å². The molecule has 0 saturated heterocycles. The predicted octanol–water partition coefficient (Wildman–Crippen LogP) is 2.62.